The van der Waals surface area contributed by atoms with Crippen LogP contribution in [0, 0.1) is 6.92 Å². The number of furan rings is 1. The van der Waals surface area contributed by atoms with Crippen LogP contribution in [0.1, 0.15) is 33.4 Å². The molecule has 2 N–H and O–H groups in total. The van der Waals surface area contributed by atoms with E-state index >= 15 is 0 Å². The predicted molar refractivity (Wildman–Crippen MR) is 120 cm³/mol. The van der Waals surface area contributed by atoms with Crippen LogP contribution in [0.5, 0.6) is 0 Å². The van der Waals surface area contributed by atoms with Gasteiger partial charge in [-0.15, -0.1) is 11.3 Å². The molecule has 0 saturated heterocycles. The van der Waals surface area contributed by atoms with E-state index in [9.17, 15) is 14.4 Å². The third kappa shape index (κ3) is 4.08. The lowest BCUT2D eigenvalue weighted by Gasteiger charge is -2.06. The van der Waals surface area contributed by atoms with Gasteiger partial charge in [-0.2, -0.15) is 0 Å². The number of aromatic nitrogens is 2. The number of anilines is 2. The molecule has 9 nitrogen and oxygen atoms in total. The lowest BCUT2D eigenvalue weighted by atomic mass is 10.1. The van der Waals surface area contributed by atoms with Gasteiger partial charge in [0, 0.05) is 18.7 Å². The third-order valence-corrected chi connectivity index (χ3v) is 5.59. The topological polar surface area (TPSA) is 123 Å². The Morgan fingerprint density at radius 2 is 1.91 bits per heavy atom. The lowest BCUT2D eigenvalue weighted by molar-refractivity contribution is -0.114. The third-order valence-electron chi connectivity index (χ3n) is 4.53. The normalized spacial score (nSPS) is 10.7. The minimum absolute atomic E-state index is 0.0739. The van der Waals surface area contributed by atoms with E-state index in [4.69, 9.17) is 9.15 Å². The molecule has 10 heteroatoms. The molecule has 1 aromatic carbocycles. The van der Waals surface area contributed by atoms with Gasteiger partial charge in [-0.1, -0.05) is 12.1 Å². The van der Waals surface area contributed by atoms with Gasteiger partial charge in [0.1, 0.15) is 22.1 Å². The van der Waals surface area contributed by atoms with E-state index in [1.807, 2.05) is 24.3 Å². The standard InChI is InChI=1S/C22H18N4O5S/c1-11-17(22(29)30-3)18(21-25-14-6-4-5-7-15(14)32-21)20(31-11)26-19(28)13-8-9-23-16(10-13)24-12(2)27/h4-10H,1-3H3,(H,26,28)(H,23,24,27). The second-order valence-electron chi connectivity index (χ2n) is 6.78. The van der Waals surface area contributed by atoms with E-state index in [0.717, 1.165) is 10.2 Å². The molecule has 0 aliphatic carbocycles. The smallest absolute Gasteiger partial charge is 0.342 e. The van der Waals surface area contributed by atoms with Gasteiger partial charge < -0.3 is 14.5 Å². The molecule has 3 heterocycles. The van der Waals surface area contributed by atoms with Crippen molar-refractivity contribution in [2.75, 3.05) is 17.7 Å². The molecule has 0 fully saturated rings. The van der Waals surface area contributed by atoms with Crippen molar-refractivity contribution in [3.8, 4) is 10.6 Å². The second-order valence-corrected chi connectivity index (χ2v) is 7.81. The van der Waals surface area contributed by atoms with E-state index in [-0.39, 0.29) is 34.5 Å². The van der Waals surface area contributed by atoms with Crippen molar-refractivity contribution in [1.29, 1.82) is 0 Å². The van der Waals surface area contributed by atoms with Crippen molar-refractivity contribution < 1.29 is 23.5 Å². The fourth-order valence-electron chi connectivity index (χ4n) is 3.16. The maximum atomic E-state index is 12.9. The minimum atomic E-state index is -0.599. The Labute approximate surface area is 186 Å². The number of para-hydroxylation sites is 1. The summed E-state index contributed by atoms with van der Waals surface area (Å²) in [4.78, 5) is 45.3. The van der Waals surface area contributed by atoms with Gasteiger partial charge in [-0.3, -0.25) is 14.9 Å². The maximum Gasteiger partial charge on any atom is 0.342 e. The summed E-state index contributed by atoms with van der Waals surface area (Å²) in [6, 6.07) is 10.5. The van der Waals surface area contributed by atoms with Crippen LogP contribution in [0.25, 0.3) is 20.8 Å². The number of pyridine rings is 1. The first-order chi connectivity index (χ1) is 15.4. The van der Waals surface area contributed by atoms with Gasteiger partial charge in [-0.05, 0) is 31.2 Å². The zero-order valence-electron chi connectivity index (χ0n) is 17.4. The Morgan fingerprint density at radius 1 is 1.12 bits per heavy atom. The number of hydrogen-bond acceptors (Lipinski definition) is 8. The average Bonchev–Trinajstić information content (AvgIpc) is 3.33. The number of amides is 2. The summed E-state index contributed by atoms with van der Waals surface area (Å²) in [6.07, 6.45) is 1.40. The molecule has 4 aromatic rings. The Bertz CT molecular complexity index is 1320. The van der Waals surface area contributed by atoms with Crippen LogP contribution in [0.15, 0.2) is 47.0 Å². The molecule has 0 unspecified atom stereocenters. The molecule has 32 heavy (non-hydrogen) atoms. The summed E-state index contributed by atoms with van der Waals surface area (Å²) in [5.74, 6) is -0.815. The average molecular weight is 450 g/mol. The quantitative estimate of drug-likeness (QED) is 0.436. The highest BCUT2D eigenvalue weighted by atomic mass is 32.1. The van der Waals surface area contributed by atoms with Crippen LogP contribution < -0.4 is 10.6 Å². The second kappa shape index (κ2) is 8.60. The first-order valence-electron chi connectivity index (χ1n) is 9.50. The minimum Gasteiger partial charge on any atom is -0.465 e. The zero-order valence-corrected chi connectivity index (χ0v) is 18.2. The van der Waals surface area contributed by atoms with Crippen LogP contribution in [-0.2, 0) is 9.53 Å². The molecule has 0 bridgehead atoms. The Balaban J connectivity index is 1.77. The number of thiazole rings is 1. The number of ether oxygens (including phenoxy) is 1. The van der Waals surface area contributed by atoms with E-state index in [1.165, 1.54) is 43.7 Å². The van der Waals surface area contributed by atoms with Crippen molar-refractivity contribution in [1.82, 2.24) is 9.97 Å². The van der Waals surface area contributed by atoms with Crippen molar-refractivity contribution in [3.63, 3.8) is 0 Å². The number of esters is 1. The lowest BCUT2D eigenvalue weighted by Crippen LogP contribution is -2.14. The molecule has 162 valence electrons. The molecular weight excluding hydrogens is 432 g/mol. The summed E-state index contributed by atoms with van der Waals surface area (Å²) in [6.45, 7) is 2.96. The van der Waals surface area contributed by atoms with Crippen LogP contribution >= 0.6 is 11.3 Å². The van der Waals surface area contributed by atoms with Crippen LogP contribution in [0.2, 0.25) is 0 Å². The Morgan fingerprint density at radius 3 is 2.62 bits per heavy atom. The molecular formula is C22H18N4O5S. The van der Waals surface area contributed by atoms with Gasteiger partial charge in [0.25, 0.3) is 5.91 Å². The number of methoxy groups -OCH3 is 1. The van der Waals surface area contributed by atoms with E-state index < -0.39 is 11.9 Å². The monoisotopic (exact) mass is 450 g/mol. The fraction of sp³-hybridized carbons (Fsp3) is 0.136. The molecule has 3 aromatic heterocycles. The summed E-state index contributed by atoms with van der Waals surface area (Å²) >= 11 is 1.36. The largest absolute Gasteiger partial charge is 0.465 e. The zero-order chi connectivity index (χ0) is 22.8. The maximum absolute atomic E-state index is 12.9. The highest BCUT2D eigenvalue weighted by Crippen LogP contribution is 2.40. The molecule has 0 atom stereocenters. The van der Waals surface area contributed by atoms with E-state index in [0.29, 0.717) is 10.6 Å². The van der Waals surface area contributed by atoms with Crippen LogP contribution in [0.3, 0.4) is 0 Å². The summed E-state index contributed by atoms with van der Waals surface area (Å²) in [5, 5.41) is 5.74. The number of benzene rings is 1. The van der Waals surface area contributed by atoms with Gasteiger partial charge in [0.2, 0.25) is 11.8 Å². The number of hydrogen-bond donors (Lipinski definition) is 2. The molecule has 0 aliphatic rings. The first-order valence-corrected chi connectivity index (χ1v) is 10.3. The van der Waals surface area contributed by atoms with Crippen molar-refractivity contribution in [2.45, 2.75) is 13.8 Å². The number of rotatable bonds is 5. The first kappa shape index (κ1) is 21.2. The van der Waals surface area contributed by atoms with Crippen LogP contribution in [0.4, 0.5) is 11.7 Å². The van der Waals surface area contributed by atoms with E-state index in [2.05, 4.69) is 20.6 Å². The van der Waals surface area contributed by atoms with Crippen LogP contribution in [-0.4, -0.2) is 34.9 Å². The summed E-state index contributed by atoms with van der Waals surface area (Å²) in [5.41, 5.74) is 1.54. The molecule has 2 amide bonds. The predicted octanol–water partition coefficient (Wildman–Crippen LogP) is 4.26. The number of nitrogens with zero attached hydrogens (tertiary/aromatic N) is 2. The molecule has 0 aliphatic heterocycles. The summed E-state index contributed by atoms with van der Waals surface area (Å²) < 4.78 is 11.6. The Hall–Kier alpha value is -4.05. The van der Waals surface area contributed by atoms with Gasteiger partial charge in [-0.25, -0.2) is 14.8 Å². The van der Waals surface area contributed by atoms with E-state index in [1.54, 1.807) is 6.92 Å². The van der Waals surface area contributed by atoms with Gasteiger partial charge in [0.05, 0.1) is 22.9 Å². The van der Waals surface area contributed by atoms with Gasteiger partial charge in [0.15, 0.2) is 0 Å². The number of carbonyl (C=O) groups excluding carboxylic acids is 3. The fourth-order valence-corrected chi connectivity index (χ4v) is 4.17. The van der Waals surface area contributed by atoms with Crippen molar-refractivity contribution in [3.05, 3.63) is 59.5 Å². The number of carbonyl (C=O) groups is 3. The highest BCUT2D eigenvalue weighted by molar-refractivity contribution is 7.21. The van der Waals surface area contributed by atoms with Crippen molar-refractivity contribution in [2.24, 2.45) is 0 Å². The highest BCUT2D eigenvalue weighted by Gasteiger charge is 2.29. The molecule has 0 saturated carbocycles. The van der Waals surface area contributed by atoms with Gasteiger partial charge >= 0.3 is 5.97 Å². The molecule has 4 rings (SSSR count). The Kier molecular flexibility index (Phi) is 5.69. The summed E-state index contributed by atoms with van der Waals surface area (Å²) in [7, 11) is 1.27. The van der Waals surface area contributed by atoms with Crippen molar-refractivity contribution >= 4 is 51.0 Å². The SMILES string of the molecule is COC(=O)c1c(C)oc(NC(=O)c2ccnc(NC(C)=O)c2)c1-c1nc2ccccc2s1. The number of nitrogens with one attached hydrogen (secondary N) is 2. The number of fused-ring (bicyclic) bond motifs is 1. The molecule has 0 radical (unpaired) electrons. The molecule has 0 spiro atoms. The number of aryl methyl sites for hydroxylation is 1.